The first-order valence-electron chi connectivity index (χ1n) is 4.22. The summed E-state index contributed by atoms with van der Waals surface area (Å²) in [6.07, 6.45) is 11.6. The molecule has 68 valence electrons. The van der Waals surface area contributed by atoms with Crippen LogP contribution in [0, 0.1) is 17.2 Å². The molecule has 14 heavy (non-hydrogen) atoms. The first-order valence-corrected chi connectivity index (χ1v) is 5.01. The van der Waals surface area contributed by atoms with E-state index in [1.165, 1.54) is 0 Å². The second-order valence-corrected chi connectivity index (χ2v) is 3.85. The molecule has 2 rings (SSSR count). The first kappa shape index (κ1) is 9.17. The van der Waals surface area contributed by atoms with Crippen LogP contribution in [0.5, 0.6) is 0 Å². The van der Waals surface area contributed by atoms with Crippen molar-refractivity contribution in [3.8, 4) is 6.07 Å². The Balaban J connectivity index is 2.53. The standard InChI is InChI=1S/C11H7BrN2/c12-10-7-14-11(6-13)9-4-2-1-3-8(10)5-9/h1-5,7,9H. The third-order valence-electron chi connectivity index (χ3n) is 2.09. The minimum Gasteiger partial charge on any atom is -0.248 e. The molecule has 0 spiro atoms. The smallest absolute Gasteiger partial charge is 0.128 e. The van der Waals surface area contributed by atoms with Crippen LogP contribution in [0.1, 0.15) is 0 Å². The molecule has 0 aromatic carbocycles. The topological polar surface area (TPSA) is 36.1 Å². The molecule has 2 aliphatic rings. The number of hydrogen-bond acceptors (Lipinski definition) is 2. The summed E-state index contributed by atoms with van der Waals surface area (Å²) in [5.74, 6) is -0.00343. The number of halogens is 1. The van der Waals surface area contributed by atoms with Crippen molar-refractivity contribution in [2.45, 2.75) is 0 Å². The number of rotatable bonds is 0. The van der Waals surface area contributed by atoms with Crippen LogP contribution in [0.15, 0.2) is 51.6 Å². The van der Waals surface area contributed by atoms with Gasteiger partial charge >= 0.3 is 0 Å². The van der Waals surface area contributed by atoms with Gasteiger partial charge in [-0.1, -0.05) is 30.4 Å². The van der Waals surface area contributed by atoms with Crippen LogP contribution >= 0.6 is 15.9 Å². The van der Waals surface area contributed by atoms with Gasteiger partial charge in [0.15, 0.2) is 0 Å². The number of allylic oxidation sites excluding steroid dienone is 7. The fraction of sp³-hybridized carbons (Fsp3) is 0.0909. The van der Waals surface area contributed by atoms with E-state index in [-0.39, 0.29) is 5.92 Å². The summed E-state index contributed by atoms with van der Waals surface area (Å²) in [6.45, 7) is 0. The zero-order valence-electron chi connectivity index (χ0n) is 7.31. The summed E-state index contributed by atoms with van der Waals surface area (Å²) in [5.41, 5.74) is 1.59. The molecule has 2 bridgehead atoms. The maximum Gasteiger partial charge on any atom is 0.128 e. The number of nitriles is 1. The average molecular weight is 247 g/mol. The van der Waals surface area contributed by atoms with Crippen LogP contribution in [-0.2, 0) is 0 Å². The summed E-state index contributed by atoms with van der Waals surface area (Å²) in [7, 11) is 0. The number of nitrogens with zero attached hydrogens (tertiary/aromatic N) is 2. The molecule has 1 aliphatic heterocycles. The molecule has 1 heterocycles. The van der Waals surface area contributed by atoms with Crippen molar-refractivity contribution in [1.29, 1.82) is 5.26 Å². The lowest BCUT2D eigenvalue weighted by Gasteiger charge is -2.02. The number of aliphatic imine (C=N–C) groups is 1. The van der Waals surface area contributed by atoms with Crippen molar-refractivity contribution in [1.82, 2.24) is 0 Å². The second-order valence-electron chi connectivity index (χ2n) is 2.99. The first-order chi connectivity index (χ1) is 6.81. The van der Waals surface area contributed by atoms with E-state index in [0.717, 1.165) is 10.1 Å². The molecule has 0 radical (unpaired) electrons. The highest BCUT2D eigenvalue weighted by Gasteiger charge is 2.15. The van der Waals surface area contributed by atoms with Crippen molar-refractivity contribution in [2.24, 2.45) is 10.9 Å². The van der Waals surface area contributed by atoms with Crippen molar-refractivity contribution in [3.05, 3.63) is 46.6 Å². The SMILES string of the molecule is N#CC1=NC=C(Br)C2=CC1C=CC=C2. The molecule has 2 nitrogen and oxygen atoms in total. The van der Waals surface area contributed by atoms with Gasteiger partial charge in [0.1, 0.15) is 11.8 Å². The predicted octanol–water partition coefficient (Wildman–Crippen LogP) is 2.87. The van der Waals surface area contributed by atoms with E-state index in [1.807, 2.05) is 30.4 Å². The highest BCUT2D eigenvalue weighted by Crippen LogP contribution is 2.26. The molecular formula is C11H7BrN2. The van der Waals surface area contributed by atoms with E-state index in [2.05, 4.69) is 27.0 Å². The highest BCUT2D eigenvalue weighted by atomic mass is 79.9. The van der Waals surface area contributed by atoms with E-state index >= 15 is 0 Å². The summed E-state index contributed by atoms with van der Waals surface area (Å²) in [5, 5.41) is 8.90. The summed E-state index contributed by atoms with van der Waals surface area (Å²) < 4.78 is 0.910. The molecule has 1 aliphatic carbocycles. The lowest BCUT2D eigenvalue weighted by molar-refractivity contribution is 1.14. The third kappa shape index (κ3) is 1.61. The Kier molecular flexibility index (Phi) is 2.47. The van der Waals surface area contributed by atoms with Gasteiger partial charge in [-0.25, -0.2) is 4.99 Å². The molecule has 0 saturated carbocycles. The van der Waals surface area contributed by atoms with Gasteiger partial charge in [0.25, 0.3) is 0 Å². The Morgan fingerprint density at radius 2 is 2.29 bits per heavy atom. The maximum absolute atomic E-state index is 8.90. The largest absolute Gasteiger partial charge is 0.248 e. The number of fused-ring (bicyclic) bond motifs is 1. The Morgan fingerprint density at radius 3 is 3.07 bits per heavy atom. The fourth-order valence-electron chi connectivity index (χ4n) is 1.37. The Labute approximate surface area is 90.8 Å². The predicted molar refractivity (Wildman–Crippen MR) is 59.9 cm³/mol. The Bertz CT molecular complexity index is 444. The molecule has 0 amide bonds. The quantitative estimate of drug-likeness (QED) is 0.648. The van der Waals surface area contributed by atoms with E-state index in [1.54, 1.807) is 6.20 Å². The van der Waals surface area contributed by atoms with Crippen molar-refractivity contribution < 1.29 is 0 Å². The average Bonchev–Trinajstić information content (AvgIpc) is 2.51. The Hall–Kier alpha value is -1.40. The molecule has 1 atom stereocenters. The van der Waals surface area contributed by atoms with E-state index in [4.69, 9.17) is 5.26 Å². The van der Waals surface area contributed by atoms with Crippen LogP contribution in [0.25, 0.3) is 0 Å². The Morgan fingerprint density at radius 1 is 1.43 bits per heavy atom. The van der Waals surface area contributed by atoms with Crippen molar-refractivity contribution in [3.63, 3.8) is 0 Å². The van der Waals surface area contributed by atoms with Crippen LogP contribution in [0.2, 0.25) is 0 Å². The minimum atomic E-state index is -0.00343. The van der Waals surface area contributed by atoms with Crippen molar-refractivity contribution >= 4 is 21.6 Å². The molecule has 0 aromatic heterocycles. The van der Waals surface area contributed by atoms with Gasteiger partial charge in [-0.3, -0.25) is 0 Å². The van der Waals surface area contributed by atoms with Crippen molar-refractivity contribution in [2.75, 3.05) is 0 Å². The van der Waals surface area contributed by atoms with E-state index in [9.17, 15) is 0 Å². The van der Waals surface area contributed by atoms with Crippen LogP contribution in [0.4, 0.5) is 0 Å². The molecule has 0 N–H and O–H groups in total. The molecule has 0 fully saturated rings. The van der Waals surface area contributed by atoms with E-state index < -0.39 is 0 Å². The highest BCUT2D eigenvalue weighted by molar-refractivity contribution is 9.12. The van der Waals surface area contributed by atoms with Crippen LogP contribution in [-0.4, -0.2) is 5.71 Å². The summed E-state index contributed by atoms with van der Waals surface area (Å²) in [6, 6.07) is 2.11. The second kappa shape index (κ2) is 3.77. The van der Waals surface area contributed by atoms with Gasteiger partial charge in [0.2, 0.25) is 0 Å². The minimum absolute atomic E-state index is 0.00343. The van der Waals surface area contributed by atoms with Gasteiger partial charge in [-0.15, -0.1) is 0 Å². The lowest BCUT2D eigenvalue weighted by atomic mass is 10.0. The summed E-state index contributed by atoms with van der Waals surface area (Å²) >= 11 is 3.41. The summed E-state index contributed by atoms with van der Waals surface area (Å²) in [4.78, 5) is 4.12. The maximum atomic E-state index is 8.90. The van der Waals surface area contributed by atoms with Gasteiger partial charge in [0, 0.05) is 16.6 Å². The molecule has 0 saturated heterocycles. The molecule has 1 unspecified atom stereocenters. The monoisotopic (exact) mass is 246 g/mol. The molecule has 3 heteroatoms. The lowest BCUT2D eigenvalue weighted by Crippen LogP contribution is -2.06. The molecular weight excluding hydrogens is 240 g/mol. The van der Waals surface area contributed by atoms with Gasteiger partial charge in [-0.2, -0.15) is 5.26 Å². The van der Waals surface area contributed by atoms with Gasteiger partial charge < -0.3 is 0 Å². The normalized spacial score (nSPS) is 24.0. The van der Waals surface area contributed by atoms with Gasteiger partial charge in [-0.05, 0) is 21.5 Å². The fourth-order valence-corrected chi connectivity index (χ4v) is 1.73. The van der Waals surface area contributed by atoms with Gasteiger partial charge in [0.05, 0.1) is 0 Å². The van der Waals surface area contributed by atoms with Crippen LogP contribution < -0.4 is 0 Å². The van der Waals surface area contributed by atoms with Crippen LogP contribution in [0.3, 0.4) is 0 Å². The zero-order chi connectivity index (χ0) is 9.97. The van der Waals surface area contributed by atoms with E-state index in [0.29, 0.717) is 5.71 Å². The third-order valence-corrected chi connectivity index (χ3v) is 2.75. The number of hydrogen-bond donors (Lipinski definition) is 0. The zero-order valence-corrected chi connectivity index (χ0v) is 8.90. The molecule has 0 aromatic rings.